The van der Waals surface area contributed by atoms with Crippen molar-refractivity contribution in [1.82, 2.24) is 0 Å². The molecule has 1 aliphatic rings. The van der Waals surface area contributed by atoms with Crippen LogP contribution in [0.2, 0.25) is 0 Å². The fourth-order valence-corrected chi connectivity index (χ4v) is 7.54. The van der Waals surface area contributed by atoms with Crippen molar-refractivity contribution in [3.63, 3.8) is 0 Å². The van der Waals surface area contributed by atoms with Gasteiger partial charge in [-0.2, -0.15) is 0 Å². The first-order valence-electron chi connectivity index (χ1n) is 18.0. The van der Waals surface area contributed by atoms with Gasteiger partial charge in [-0.3, -0.25) is 4.79 Å². The molecular formula is C43H60O2. The van der Waals surface area contributed by atoms with Gasteiger partial charge >= 0.3 is 5.97 Å². The van der Waals surface area contributed by atoms with Crippen molar-refractivity contribution in [2.75, 3.05) is 0 Å². The normalized spacial score (nSPS) is 17.3. The van der Waals surface area contributed by atoms with Gasteiger partial charge in [-0.05, 0) is 87.9 Å². The van der Waals surface area contributed by atoms with Crippen LogP contribution >= 0.6 is 0 Å². The number of benzene rings is 3. The van der Waals surface area contributed by atoms with Crippen molar-refractivity contribution < 1.29 is 9.90 Å². The highest BCUT2D eigenvalue weighted by atomic mass is 16.4. The zero-order valence-corrected chi connectivity index (χ0v) is 29.6. The molecule has 0 saturated carbocycles. The van der Waals surface area contributed by atoms with E-state index < -0.39 is 5.97 Å². The van der Waals surface area contributed by atoms with Crippen molar-refractivity contribution in [3.8, 4) is 11.1 Å². The second kappa shape index (κ2) is 15.1. The third-order valence-corrected chi connectivity index (χ3v) is 11.3. The van der Waals surface area contributed by atoms with Crippen LogP contribution in [0.3, 0.4) is 0 Å². The summed E-state index contributed by atoms with van der Waals surface area (Å²) in [5, 5.41) is 9.03. The number of hydrogen-bond donors (Lipinski definition) is 1. The smallest absolute Gasteiger partial charge is 0.303 e. The maximum atomic E-state index is 11.0. The van der Waals surface area contributed by atoms with Crippen molar-refractivity contribution in [2.24, 2.45) is 11.8 Å². The molecule has 244 valence electrons. The maximum absolute atomic E-state index is 11.0. The molecule has 0 amide bonds. The number of carboxylic acid groups (broad SMARTS) is 1. The molecule has 0 saturated heterocycles. The fourth-order valence-electron chi connectivity index (χ4n) is 7.54. The van der Waals surface area contributed by atoms with E-state index in [2.05, 4.69) is 116 Å². The predicted molar refractivity (Wildman–Crippen MR) is 193 cm³/mol. The quantitative estimate of drug-likeness (QED) is 0.165. The van der Waals surface area contributed by atoms with Gasteiger partial charge in [0.15, 0.2) is 0 Å². The van der Waals surface area contributed by atoms with Crippen LogP contribution < -0.4 is 0 Å². The zero-order chi connectivity index (χ0) is 32.8. The van der Waals surface area contributed by atoms with Crippen molar-refractivity contribution >= 4 is 5.97 Å². The van der Waals surface area contributed by atoms with Gasteiger partial charge in [0.2, 0.25) is 0 Å². The molecule has 3 aromatic carbocycles. The summed E-state index contributed by atoms with van der Waals surface area (Å²) in [5.41, 5.74) is 11.3. The lowest BCUT2D eigenvalue weighted by Crippen LogP contribution is -2.27. The van der Waals surface area contributed by atoms with Crippen LogP contribution in [0.4, 0.5) is 0 Å². The third-order valence-electron chi connectivity index (χ3n) is 11.3. The van der Waals surface area contributed by atoms with E-state index in [9.17, 15) is 4.79 Å². The lowest BCUT2D eigenvalue weighted by atomic mass is 9.68. The molecule has 45 heavy (non-hydrogen) atoms. The molecule has 2 atom stereocenters. The van der Waals surface area contributed by atoms with E-state index >= 15 is 0 Å². The first-order chi connectivity index (χ1) is 21.4. The highest BCUT2D eigenvalue weighted by Gasteiger charge is 2.43. The summed E-state index contributed by atoms with van der Waals surface area (Å²) >= 11 is 0. The average molecular weight is 609 g/mol. The van der Waals surface area contributed by atoms with Gasteiger partial charge in [0.05, 0.1) is 0 Å². The maximum Gasteiger partial charge on any atom is 0.303 e. The Bertz CT molecular complexity index is 1390. The lowest BCUT2D eigenvalue weighted by molar-refractivity contribution is -0.137. The summed E-state index contributed by atoms with van der Waals surface area (Å²) < 4.78 is 0. The molecule has 0 heterocycles. The Morgan fingerprint density at radius 1 is 0.733 bits per heavy atom. The Labute approximate surface area is 275 Å². The second-order valence-electron chi connectivity index (χ2n) is 15.2. The fraction of sp³-hybridized carbons (Fsp3) is 0.558. The minimum atomic E-state index is -0.720. The second-order valence-corrected chi connectivity index (χ2v) is 15.2. The van der Waals surface area contributed by atoms with E-state index in [0.29, 0.717) is 12.3 Å². The Morgan fingerprint density at radius 2 is 1.27 bits per heavy atom. The third kappa shape index (κ3) is 7.93. The van der Waals surface area contributed by atoms with Crippen LogP contribution in [0.1, 0.15) is 159 Å². The topological polar surface area (TPSA) is 37.3 Å². The molecule has 2 heteroatoms. The summed E-state index contributed by atoms with van der Waals surface area (Å²) in [6, 6.07) is 23.7. The summed E-state index contributed by atoms with van der Waals surface area (Å²) in [6.07, 6.45) is 11.8. The molecule has 2 nitrogen and oxygen atoms in total. The van der Waals surface area contributed by atoms with Crippen LogP contribution in [0.25, 0.3) is 11.1 Å². The molecule has 4 rings (SSSR count). The zero-order valence-electron chi connectivity index (χ0n) is 29.6. The van der Waals surface area contributed by atoms with E-state index in [1.807, 2.05) is 0 Å². The molecule has 0 aromatic heterocycles. The summed E-state index contributed by atoms with van der Waals surface area (Å²) in [7, 11) is 0. The van der Waals surface area contributed by atoms with Gasteiger partial charge in [-0.1, -0.05) is 155 Å². The van der Waals surface area contributed by atoms with E-state index in [0.717, 1.165) is 18.3 Å². The number of fused-ring (bicyclic) bond motifs is 3. The molecule has 0 aliphatic heterocycles. The van der Waals surface area contributed by atoms with Gasteiger partial charge in [0, 0.05) is 17.3 Å². The standard InChI is InChI=1S/C43H60O2/c1-9-31(5)14-12-26-43(27-13-15-32(6)10-2)39-28-34(30(3)4)20-24-37(39)38-25-23-36(29-40(38)43)42(7,8)35-21-18-33(19-22-35)16-11-17-41(44)45/h18-25,28-32H,9-17,26-27H2,1-8H3,(H,44,45). The van der Waals surface area contributed by atoms with Gasteiger partial charge in [0.1, 0.15) is 0 Å². The highest BCUT2D eigenvalue weighted by molar-refractivity contribution is 5.82. The van der Waals surface area contributed by atoms with E-state index in [4.69, 9.17) is 5.11 Å². The predicted octanol–water partition coefficient (Wildman–Crippen LogP) is 12.2. The first kappa shape index (κ1) is 35.0. The van der Waals surface area contributed by atoms with Crippen LogP contribution in [-0.4, -0.2) is 11.1 Å². The van der Waals surface area contributed by atoms with Crippen molar-refractivity contribution in [3.05, 3.63) is 94.0 Å². The van der Waals surface area contributed by atoms with E-state index in [-0.39, 0.29) is 17.3 Å². The van der Waals surface area contributed by atoms with Crippen molar-refractivity contribution in [1.29, 1.82) is 0 Å². The van der Waals surface area contributed by atoms with Gasteiger partial charge in [0.25, 0.3) is 0 Å². The van der Waals surface area contributed by atoms with Crippen LogP contribution in [-0.2, 0) is 22.0 Å². The lowest BCUT2D eigenvalue weighted by Gasteiger charge is -2.35. The van der Waals surface area contributed by atoms with Gasteiger partial charge in [-0.15, -0.1) is 0 Å². The van der Waals surface area contributed by atoms with Crippen molar-refractivity contribution in [2.45, 2.75) is 143 Å². The molecule has 1 N–H and O–H groups in total. The number of carboxylic acids is 1. The number of aliphatic carboxylic acids is 1. The molecule has 0 radical (unpaired) electrons. The van der Waals surface area contributed by atoms with Crippen LogP contribution in [0, 0.1) is 11.8 Å². The summed E-state index contributed by atoms with van der Waals surface area (Å²) in [5.74, 6) is 1.32. The number of aryl methyl sites for hydroxylation is 1. The summed E-state index contributed by atoms with van der Waals surface area (Å²) in [4.78, 5) is 11.0. The molecule has 0 spiro atoms. The Hall–Kier alpha value is -2.87. The highest BCUT2D eigenvalue weighted by Crippen LogP contribution is 2.56. The Kier molecular flexibility index (Phi) is 11.8. The largest absolute Gasteiger partial charge is 0.481 e. The van der Waals surface area contributed by atoms with E-state index in [1.165, 1.54) is 84.7 Å². The molecule has 2 unspecified atom stereocenters. The summed E-state index contributed by atoms with van der Waals surface area (Å²) in [6.45, 7) is 18.9. The van der Waals surface area contributed by atoms with Crippen LogP contribution in [0.15, 0.2) is 60.7 Å². The Morgan fingerprint density at radius 3 is 1.80 bits per heavy atom. The molecule has 0 fully saturated rings. The van der Waals surface area contributed by atoms with Crippen LogP contribution in [0.5, 0.6) is 0 Å². The number of rotatable bonds is 17. The molecule has 0 bridgehead atoms. The first-order valence-corrected chi connectivity index (χ1v) is 18.0. The SMILES string of the molecule is CCC(C)CCCC1(CCCC(C)CC)c2cc(C(C)C)ccc2-c2ccc(C(C)(C)c3ccc(CCCC(=O)O)cc3)cc21. The average Bonchev–Trinajstić information content (AvgIpc) is 3.29. The van der Waals surface area contributed by atoms with Gasteiger partial charge in [-0.25, -0.2) is 0 Å². The Balaban J connectivity index is 1.77. The minimum Gasteiger partial charge on any atom is -0.481 e. The van der Waals surface area contributed by atoms with E-state index in [1.54, 1.807) is 11.1 Å². The monoisotopic (exact) mass is 608 g/mol. The number of hydrogen-bond acceptors (Lipinski definition) is 1. The van der Waals surface area contributed by atoms with Gasteiger partial charge < -0.3 is 5.11 Å². The number of carbonyl (C=O) groups is 1. The molecular weight excluding hydrogens is 548 g/mol. The molecule has 1 aliphatic carbocycles. The minimum absolute atomic E-state index is 0.0522. The molecule has 3 aromatic rings.